The molecule has 1 aromatic carbocycles. The summed E-state index contributed by atoms with van der Waals surface area (Å²) in [7, 11) is 1.77. The van der Waals surface area contributed by atoms with Crippen LogP contribution in [-0.2, 0) is 11.3 Å². The Labute approximate surface area is 105 Å². The molecule has 0 aliphatic heterocycles. The molecule has 1 unspecified atom stereocenters. The summed E-state index contributed by atoms with van der Waals surface area (Å²) >= 11 is 0. The normalized spacial score (nSPS) is 12.7. The van der Waals surface area contributed by atoms with E-state index in [0.29, 0.717) is 6.04 Å². The van der Waals surface area contributed by atoms with Crippen LogP contribution in [0, 0.1) is 13.8 Å². The van der Waals surface area contributed by atoms with Crippen molar-refractivity contribution in [1.82, 2.24) is 5.32 Å². The molecule has 2 heteroatoms. The third-order valence-corrected chi connectivity index (χ3v) is 3.09. The summed E-state index contributed by atoms with van der Waals surface area (Å²) in [6, 6.07) is 7.08. The van der Waals surface area contributed by atoms with Gasteiger partial charge in [-0.1, -0.05) is 37.1 Å². The molecule has 0 saturated carbocycles. The van der Waals surface area contributed by atoms with Crippen LogP contribution in [-0.4, -0.2) is 19.8 Å². The second-order valence-electron chi connectivity index (χ2n) is 4.75. The number of rotatable bonds is 7. The van der Waals surface area contributed by atoms with Crippen molar-refractivity contribution in [1.29, 1.82) is 0 Å². The zero-order chi connectivity index (χ0) is 12.7. The maximum absolute atomic E-state index is 5.24. The Morgan fingerprint density at radius 1 is 1.29 bits per heavy atom. The lowest BCUT2D eigenvalue weighted by molar-refractivity contribution is 0.161. The highest BCUT2D eigenvalue weighted by molar-refractivity contribution is 5.30. The lowest BCUT2D eigenvalue weighted by Gasteiger charge is -2.18. The molecule has 96 valence electrons. The summed E-state index contributed by atoms with van der Waals surface area (Å²) in [5, 5.41) is 3.58. The van der Waals surface area contributed by atoms with Crippen LogP contribution in [0.5, 0.6) is 0 Å². The van der Waals surface area contributed by atoms with Gasteiger partial charge in [-0.3, -0.25) is 0 Å². The Morgan fingerprint density at radius 2 is 2.06 bits per heavy atom. The number of methoxy groups -OCH3 is 1. The summed E-state index contributed by atoms with van der Waals surface area (Å²) in [6.07, 6.45) is 2.35. The molecule has 1 rings (SSSR count). The Hall–Kier alpha value is -0.860. The quantitative estimate of drug-likeness (QED) is 0.783. The van der Waals surface area contributed by atoms with Gasteiger partial charge in [0.2, 0.25) is 0 Å². The van der Waals surface area contributed by atoms with Gasteiger partial charge in [-0.05, 0) is 31.4 Å². The van der Waals surface area contributed by atoms with Crippen LogP contribution in [0.1, 0.15) is 36.5 Å². The Bertz CT molecular complexity index is 330. The van der Waals surface area contributed by atoms with Gasteiger partial charge in [-0.25, -0.2) is 0 Å². The molecule has 0 aliphatic carbocycles. The van der Waals surface area contributed by atoms with Gasteiger partial charge in [-0.15, -0.1) is 0 Å². The minimum absolute atomic E-state index is 0.463. The summed E-state index contributed by atoms with van der Waals surface area (Å²) < 4.78 is 5.24. The smallest absolute Gasteiger partial charge is 0.0615 e. The molecule has 0 saturated heterocycles. The first-order valence-electron chi connectivity index (χ1n) is 6.45. The molecule has 0 amide bonds. The Morgan fingerprint density at radius 3 is 2.71 bits per heavy atom. The topological polar surface area (TPSA) is 21.3 Å². The van der Waals surface area contributed by atoms with E-state index in [-0.39, 0.29) is 0 Å². The van der Waals surface area contributed by atoms with Crippen LogP contribution >= 0.6 is 0 Å². The maximum Gasteiger partial charge on any atom is 0.0615 e. The van der Waals surface area contributed by atoms with Crippen LogP contribution in [0.15, 0.2) is 18.2 Å². The molecule has 0 spiro atoms. The molecule has 0 radical (unpaired) electrons. The number of ether oxygens (including phenoxy) is 1. The number of aryl methyl sites for hydroxylation is 2. The van der Waals surface area contributed by atoms with E-state index in [1.165, 1.54) is 29.5 Å². The first-order valence-corrected chi connectivity index (χ1v) is 6.45. The van der Waals surface area contributed by atoms with Crippen LogP contribution in [0.3, 0.4) is 0 Å². The SMILES string of the molecule is CCCC(COC)NCc1cc(C)ccc1C. The zero-order valence-corrected chi connectivity index (χ0v) is 11.5. The number of hydrogen-bond donors (Lipinski definition) is 1. The van der Waals surface area contributed by atoms with Gasteiger partial charge >= 0.3 is 0 Å². The fourth-order valence-corrected chi connectivity index (χ4v) is 2.04. The fraction of sp³-hybridized carbons (Fsp3) is 0.600. The van der Waals surface area contributed by atoms with Gasteiger partial charge < -0.3 is 10.1 Å². The van der Waals surface area contributed by atoms with Gasteiger partial charge in [0, 0.05) is 19.7 Å². The summed E-state index contributed by atoms with van der Waals surface area (Å²) in [4.78, 5) is 0. The van der Waals surface area contributed by atoms with Gasteiger partial charge in [0.05, 0.1) is 6.61 Å². The number of benzene rings is 1. The first kappa shape index (κ1) is 14.2. The maximum atomic E-state index is 5.24. The molecule has 0 aromatic heterocycles. The molecular formula is C15H25NO. The van der Waals surface area contributed by atoms with Crippen molar-refractivity contribution in [3.63, 3.8) is 0 Å². The third-order valence-electron chi connectivity index (χ3n) is 3.09. The van der Waals surface area contributed by atoms with E-state index < -0.39 is 0 Å². The highest BCUT2D eigenvalue weighted by Crippen LogP contribution is 2.11. The molecule has 1 aromatic rings. The van der Waals surface area contributed by atoms with Crippen molar-refractivity contribution < 1.29 is 4.74 Å². The molecule has 1 N–H and O–H groups in total. The molecular weight excluding hydrogens is 210 g/mol. The van der Waals surface area contributed by atoms with Crippen molar-refractivity contribution in [2.24, 2.45) is 0 Å². The Balaban J connectivity index is 2.55. The zero-order valence-electron chi connectivity index (χ0n) is 11.5. The number of nitrogens with one attached hydrogen (secondary N) is 1. The third kappa shape index (κ3) is 4.88. The van der Waals surface area contributed by atoms with E-state index in [2.05, 4.69) is 44.3 Å². The fourth-order valence-electron chi connectivity index (χ4n) is 2.04. The molecule has 0 fully saturated rings. The molecule has 0 bridgehead atoms. The van der Waals surface area contributed by atoms with Gasteiger partial charge in [0.25, 0.3) is 0 Å². The number of hydrogen-bond acceptors (Lipinski definition) is 2. The van der Waals surface area contributed by atoms with E-state index in [1.807, 2.05) is 0 Å². The largest absolute Gasteiger partial charge is 0.383 e. The molecule has 0 heterocycles. The highest BCUT2D eigenvalue weighted by Gasteiger charge is 2.07. The lowest BCUT2D eigenvalue weighted by atomic mass is 10.0. The Kier molecular flexibility index (Phi) is 6.23. The molecule has 1 atom stereocenters. The van der Waals surface area contributed by atoms with Crippen LogP contribution in [0.2, 0.25) is 0 Å². The van der Waals surface area contributed by atoms with Gasteiger partial charge in [0.1, 0.15) is 0 Å². The average Bonchev–Trinajstić information content (AvgIpc) is 2.30. The van der Waals surface area contributed by atoms with Crippen molar-refractivity contribution >= 4 is 0 Å². The second-order valence-corrected chi connectivity index (χ2v) is 4.75. The van der Waals surface area contributed by atoms with Crippen molar-refractivity contribution in [3.8, 4) is 0 Å². The van der Waals surface area contributed by atoms with Crippen molar-refractivity contribution in [3.05, 3.63) is 34.9 Å². The standard InChI is InChI=1S/C15H25NO/c1-5-6-15(11-17-4)16-10-14-9-12(2)7-8-13(14)3/h7-9,15-16H,5-6,10-11H2,1-4H3. The van der Waals surface area contributed by atoms with E-state index in [1.54, 1.807) is 7.11 Å². The highest BCUT2D eigenvalue weighted by atomic mass is 16.5. The minimum atomic E-state index is 0.463. The predicted molar refractivity (Wildman–Crippen MR) is 73.3 cm³/mol. The van der Waals surface area contributed by atoms with Gasteiger partial charge in [-0.2, -0.15) is 0 Å². The van der Waals surface area contributed by atoms with Crippen LogP contribution in [0.25, 0.3) is 0 Å². The molecule has 2 nitrogen and oxygen atoms in total. The average molecular weight is 235 g/mol. The van der Waals surface area contributed by atoms with E-state index in [0.717, 1.165) is 13.2 Å². The minimum Gasteiger partial charge on any atom is -0.383 e. The molecule has 17 heavy (non-hydrogen) atoms. The summed E-state index contributed by atoms with van der Waals surface area (Å²) in [6.45, 7) is 8.24. The van der Waals surface area contributed by atoms with Crippen LogP contribution in [0.4, 0.5) is 0 Å². The van der Waals surface area contributed by atoms with E-state index in [4.69, 9.17) is 4.74 Å². The predicted octanol–water partition coefficient (Wildman–Crippen LogP) is 3.21. The lowest BCUT2D eigenvalue weighted by Crippen LogP contribution is -2.32. The second kappa shape index (κ2) is 7.46. The summed E-state index contributed by atoms with van der Waals surface area (Å²) in [5.74, 6) is 0. The summed E-state index contributed by atoms with van der Waals surface area (Å²) in [5.41, 5.74) is 4.07. The van der Waals surface area contributed by atoms with E-state index in [9.17, 15) is 0 Å². The first-order chi connectivity index (χ1) is 8.17. The molecule has 0 aliphatic rings. The van der Waals surface area contributed by atoms with Gasteiger partial charge in [0.15, 0.2) is 0 Å². The monoisotopic (exact) mass is 235 g/mol. The van der Waals surface area contributed by atoms with Crippen molar-refractivity contribution in [2.75, 3.05) is 13.7 Å². The van der Waals surface area contributed by atoms with E-state index >= 15 is 0 Å². The van der Waals surface area contributed by atoms with Crippen molar-refractivity contribution in [2.45, 2.75) is 46.2 Å². The van der Waals surface area contributed by atoms with Crippen LogP contribution < -0.4 is 5.32 Å².